The second-order valence-electron chi connectivity index (χ2n) is 7.50. The van der Waals surface area contributed by atoms with E-state index in [-0.39, 0.29) is 17.8 Å². The summed E-state index contributed by atoms with van der Waals surface area (Å²) < 4.78 is 18.6. The van der Waals surface area contributed by atoms with Gasteiger partial charge >= 0.3 is 0 Å². The zero-order valence-electron chi connectivity index (χ0n) is 16.0. The Bertz CT molecular complexity index is 1010. The van der Waals surface area contributed by atoms with Crippen LogP contribution in [0.25, 0.3) is 22.4 Å². The van der Waals surface area contributed by atoms with Crippen LogP contribution in [-0.2, 0) is 0 Å². The van der Waals surface area contributed by atoms with E-state index in [9.17, 15) is 9.18 Å². The van der Waals surface area contributed by atoms with Crippen molar-refractivity contribution in [2.75, 3.05) is 13.1 Å². The lowest BCUT2D eigenvalue weighted by Gasteiger charge is -2.33. The van der Waals surface area contributed by atoms with Gasteiger partial charge in [0.05, 0.1) is 22.3 Å². The van der Waals surface area contributed by atoms with Crippen molar-refractivity contribution in [2.24, 2.45) is 11.7 Å². The number of halogens is 1. The standard InChI is InChI=1S/C21H23FN4O2/c1-12(23)14-7-9-26(10-8-14)21(27)17-11-18(15-3-5-16(22)6-4-15)24-20-19(17)13(2)25-28-20/h3-6,11-12,14H,7-10,23H2,1-2H3. The van der Waals surface area contributed by atoms with Crippen LogP contribution >= 0.6 is 0 Å². The number of amides is 1. The normalized spacial score (nSPS) is 16.5. The molecular weight excluding hydrogens is 359 g/mol. The lowest BCUT2D eigenvalue weighted by atomic mass is 9.90. The molecule has 1 amide bonds. The Morgan fingerprint density at radius 3 is 2.61 bits per heavy atom. The van der Waals surface area contributed by atoms with Crippen molar-refractivity contribution >= 4 is 17.0 Å². The van der Waals surface area contributed by atoms with E-state index < -0.39 is 0 Å². The Balaban J connectivity index is 1.72. The van der Waals surface area contributed by atoms with E-state index in [1.807, 2.05) is 11.8 Å². The third-order valence-electron chi connectivity index (χ3n) is 5.56. The molecule has 1 saturated heterocycles. The number of hydrogen-bond donors (Lipinski definition) is 1. The number of piperidine rings is 1. The Labute approximate surface area is 162 Å². The lowest BCUT2D eigenvalue weighted by Crippen LogP contribution is -2.42. The fourth-order valence-corrected chi connectivity index (χ4v) is 3.83. The molecule has 7 heteroatoms. The molecule has 2 N–H and O–H groups in total. The topological polar surface area (TPSA) is 85.2 Å². The first-order valence-electron chi connectivity index (χ1n) is 9.52. The molecule has 1 aliphatic heterocycles. The number of likely N-dealkylation sites (tertiary alicyclic amines) is 1. The molecule has 1 aliphatic rings. The largest absolute Gasteiger partial charge is 0.339 e. The molecule has 0 saturated carbocycles. The molecule has 1 aromatic carbocycles. The van der Waals surface area contributed by atoms with E-state index in [1.165, 1.54) is 12.1 Å². The summed E-state index contributed by atoms with van der Waals surface area (Å²) in [5, 5.41) is 4.61. The Morgan fingerprint density at radius 2 is 1.96 bits per heavy atom. The summed E-state index contributed by atoms with van der Waals surface area (Å²) in [6.07, 6.45) is 1.79. The molecule has 146 valence electrons. The molecule has 1 fully saturated rings. The number of rotatable bonds is 3. The molecule has 1 unspecified atom stereocenters. The fraction of sp³-hybridized carbons (Fsp3) is 0.381. The van der Waals surface area contributed by atoms with Gasteiger partial charge in [-0.05, 0) is 62.9 Å². The highest BCUT2D eigenvalue weighted by Gasteiger charge is 2.28. The highest BCUT2D eigenvalue weighted by Crippen LogP contribution is 2.29. The second kappa shape index (κ2) is 7.31. The maximum atomic E-state index is 13.3. The molecule has 1 atom stereocenters. The van der Waals surface area contributed by atoms with Gasteiger partial charge in [0.25, 0.3) is 11.6 Å². The van der Waals surface area contributed by atoms with Crippen LogP contribution in [0.3, 0.4) is 0 Å². The van der Waals surface area contributed by atoms with Crippen molar-refractivity contribution in [3.63, 3.8) is 0 Å². The van der Waals surface area contributed by atoms with Gasteiger partial charge in [-0.15, -0.1) is 0 Å². The van der Waals surface area contributed by atoms with Gasteiger partial charge < -0.3 is 15.2 Å². The number of benzene rings is 1. The minimum atomic E-state index is -0.325. The van der Waals surface area contributed by atoms with Crippen LogP contribution in [0.5, 0.6) is 0 Å². The molecule has 3 aromatic rings. The van der Waals surface area contributed by atoms with E-state index >= 15 is 0 Å². The summed E-state index contributed by atoms with van der Waals surface area (Å²) in [5.41, 5.74) is 8.74. The molecule has 4 rings (SSSR count). The number of aromatic nitrogens is 2. The number of fused-ring (bicyclic) bond motifs is 1. The van der Waals surface area contributed by atoms with E-state index in [2.05, 4.69) is 10.1 Å². The van der Waals surface area contributed by atoms with Gasteiger partial charge in [0.2, 0.25) is 0 Å². The zero-order chi connectivity index (χ0) is 19.8. The number of nitrogens with two attached hydrogens (primary N) is 1. The van der Waals surface area contributed by atoms with Crippen molar-refractivity contribution in [3.05, 3.63) is 47.4 Å². The summed E-state index contributed by atoms with van der Waals surface area (Å²) in [6.45, 7) is 5.16. The van der Waals surface area contributed by atoms with Crippen LogP contribution in [0.4, 0.5) is 4.39 Å². The van der Waals surface area contributed by atoms with Gasteiger partial charge in [0, 0.05) is 24.7 Å². The van der Waals surface area contributed by atoms with E-state index in [0.717, 1.165) is 12.8 Å². The van der Waals surface area contributed by atoms with Crippen LogP contribution in [0, 0.1) is 18.7 Å². The highest BCUT2D eigenvalue weighted by atomic mass is 19.1. The summed E-state index contributed by atoms with van der Waals surface area (Å²) >= 11 is 0. The molecular formula is C21H23FN4O2. The van der Waals surface area contributed by atoms with Crippen LogP contribution in [0.1, 0.15) is 35.8 Å². The lowest BCUT2D eigenvalue weighted by molar-refractivity contribution is 0.0683. The second-order valence-corrected chi connectivity index (χ2v) is 7.50. The van der Waals surface area contributed by atoms with Gasteiger partial charge in [0.1, 0.15) is 5.82 Å². The fourth-order valence-electron chi connectivity index (χ4n) is 3.83. The maximum absolute atomic E-state index is 13.3. The van der Waals surface area contributed by atoms with E-state index in [0.29, 0.717) is 52.6 Å². The first-order chi connectivity index (χ1) is 13.4. The molecule has 0 bridgehead atoms. The molecule has 0 radical (unpaired) electrons. The summed E-state index contributed by atoms with van der Waals surface area (Å²) in [7, 11) is 0. The predicted molar refractivity (Wildman–Crippen MR) is 104 cm³/mol. The summed E-state index contributed by atoms with van der Waals surface area (Å²) in [5.74, 6) is 0.0486. The molecule has 0 aliphatic carbocycles. The molecule has 28 heavy (non-hydrogen) atoms. The number of aryl methyl sites for hydroxylation is 1. The van der Waals surface area contributed by atoms with E-state index in [4.69, 9.17) is 10.3 Å². The molecule has 6 nitrogen and oxygen atoms in total. The van der Waals surface area contributed by atoms with Gasteiger partial charge in [0.15, 0.2) is 0 Å². The average molecular weight is 382 g/mol. The van der Waals surface area contributed by atoms with Gasteiger partial charge in [-0.1, -0.05) is 5.16 Å². The van der Waals surface area contributed by atoms with Gasteiger partial charge in [-0.2, -0.15) is 0 Å². The monoisotopic (exact) mass is 382 g/mol. The van der Waals surface area contributed by atoms with Gasteiger partial charge in [-0.25, -0.2) is 9.37 Å². The molecule has 3 heterocycles. The Morgan fingerprint density at radius 1 is 1.29 bits per heavy atom. The number of hydrogen-bond acceptors (Lipinski definition) is 5. The number of pyridine rings is 1. The first-order valence-corrected chi connectivity index (χ1v) is 9.52. The van der Waals surface area contributed by atoms with Crippen LogP contribution < -0.4 is 5.73 Å². The highest BCUT2D eigenvalue weighted by molar-refractivity contribution is 6.07. The molecule has 0 spiro atoms. The van der Waals surface area contributed by atoms with E-state index in [1.54, 1.807) is 25.1 Å². The number of carbonyl (C=O) groups excluding carboxylic acids is 1. The third kappa shape index (κ3) is 3.38. The Hall–Kier alpha value is -2.80. The van der Waals surface area contributed by atoms with Crippen LogP contribution in [0.2, 0.25) is 0 Å². The minimum absolute atomic E-state index is 0.0646. The van der Waals surface area contributed by atoms with Crippen molar-refractivity contribution in [1.82, 2.24) is 15.0 Å². The van der Waals surface area contributed by atoms with Crippen LogP contribution in [-0.4, -0.2) is 40.1 Å². The van der Waals surface area contributed by atoms with Gasteiger partial charge in [-0.3, -0.25) is 4.79 Å². The third-order valence-corrected chi connectivity index (χ3v) is 5.56. The van der Waals surface area contributed by atoms with Crippen molar-refractivity contribution in [2.45, 2.75) is 32.7 Å². The maximum Gasteiger partial charge on any atom is 0.259 e. The van der Waals surface area contributed by atoms with Crippen molar-refractivity contribution in [1.29, 1.82) is 0 Å². The number of nitrogens with zero attached hydrogens (tertiary/aromatic N) is 3. The smallest absolute Gasteiger partial charge is 0.259 e. The Kier molecular flexibility index (Phi) is 4.85. The van der Waals surface area contributed by atoms with Crippen molar-refractivity contribution in [3.8, 4) is 11.3 Å². The zero-order valence-corrected chi connectivity index (χ0v) is 16.0. The molecule has 2 aromatic heterocycles. The average Bonchev–Trinajstić information content (AvgIpc) is 3.08. The SMILES string of the molecule is Cc1noc2nc(-c3ccc(F)cc3)cc(C(=O)N3CCC(C(C)N)CC3)c12. The summed E-state index contributed by atoms with van der Waals surface area (Å²) in [6, 6.07) is 7.89. The quantitative estimate of drug-likeness (QED) is 0.749. The minimum Gasteiger partial charge on any atom is -0.339 e. The number of carbonyl (C=O) groups is 1. The first kappa shape index (κ1) is 18.6. The predicted octanol–water partition coefficient (Wildman–Crippen LogP) is 3.54. The summed E-state index contributed by atoms with van der Waals surface area (Å²) in [4.78, 5) is 19.7. The van der Waals surface area contributed by atoms with Crippen molar-refractivity contribution < 1.29 is 13.7 Å². The van der Waals surface area contributed by atoms with Crippen LogP contribution in [0.15, 0.2) is 34.9 Å².